The minimum atomic E-state index is -0.888. The Morgan fingerprint density at radius 1 is 1.38 bits per heavy atom. The van der Waals surface area contributed by atoms with Gasteiger partial charge in [-0.1, -0.05) is 13.3 Å². The highest BCUT2D eigenvalue weighted by atomic mass is 16.4. The van der Waals surface area contributed by atoms with Gasteiger partial charge >= 0.3 is 5.97 Å². The van der Waals surface area contributed by atoms with Gasteiger partial charge in [-0.15, -0.1) is 0 Å². The fraction of sp³-hybridized carbons (Fsp3) is 0.625. The molecular formula is C16H23N3O2. The molecule has 2 saturated heterocycles. The maximum atomic E-state index is 11.2. The van der Waals surface area contributed by atoms with Crippen LogP contribution in [0.5, 0.6) is 0 Å². The summed E-state index contributed by atoms with van der Waals surface area (Å²) in [5, 5.41) is 12.7. The first-order valence-electron chi connectivity index (χ1n) is 7.92. The number of hydrogen-bond acceptors (Lipinski definition) is 4. The summed E-state index contributed by atoms with van der Waals surface area (Å²) < 4.78 is 0. The van der Waals surface area contributed by atoms with Crippen LogP contribution in [-0.2, 0) is 6.42 Å². The first-order chi connectivity index (χ1) is 10.2. The van der Waals surface area contributed by atoms with E-state index in [1.807, 2.05) is 6.92 Å². The van der Waals surface area contributed by atoms with E-state index in [0.29, 0.717) is 23.5 Å². The van der Waals surface area contributed by atoms with E-state index in [2.05, 4.69) is 15.2 Å². The van der Waals surface area contributed by atoms with E-state index in [0.717, 1.165) is 25.1 Å². The minimum Gasteiger partial charge on any atom is -0.478 e. The number of fused-ring (bicyclic) bond motifs is 1. The summed E-state index contributed by atoms with van der Waals surface area (Å²) >= 11 is 0. The van der Waals surface area contributed by atoms with E-state index < -0.39 is 5.97 Å². The Labute approximate surface area is 125 Å². The largest absolute Gasteiger partial charge is 0.478 e. The van der Waals surface area contributed by atoms with E-state index in [1.54, 1.807) is 12.1 Å². The molecule has 0 aromatic carbocycles. The van der Waals surface area contributed by atoms with Crippen LogP contribution in [0.2, 0.25) is 0 Å². The summed E-state index contributed by atoms with van der Waals surface area (Å²) in [7, 11) is 0. The van der Waals surface area contributed by atoms with Gasteiger partial charge in [-0.05, 0) is 44.4 Å². The average Bonchev–Trinajstić information content (AvgIpc) is 2.90. The number of rotatable bonds is 4. The van der Waals surface area contributed by atoms with Crippen molar-refractivity contribution in [2.45, 2.75) is 51.1 Å². The summed E-state index contributed by atoms with van der Waals surface area (Å²) in [5.41, 5.74) is 1.15. The molecule has 21 heavy (non-hydrogen) atoms. The van der Waals surface area contributed by atoms with Crippen molar-refractivity contribution in [3.63, 3.8) is 0 Å². The van der Waals surface area contributed by atoms with Crippen molar-refractivity contribution < 1.29 is 9.90 Å². The summed E-state index contributed by atoms with van der Waals surface area (Å²) in [6, 6.07) is 4.30. The molecule has 2 aliphatic heterocycles. The second-order valence-electron chi connectivity index (χ2n) is 6.03. The normalized spacial score (nSPS) is 25.6. The lowest BCUT2D eigenvalue weighted by molar-refractivity contribution is 0.0696. The van der Waals surface area contributed by atoms with Crippen LogP contribution >= 0.6 is 0 Å². The number of nitrogens with zero attached hydrogens (tertiary/aromatic N) is 2. The SMILES string of the molecule is CCc1cc(C(=O)O)cc(NC2CCN3CCCCC23)n1. The lowest BCUT2D eigenvalue weighted by Crippen LogP contribution is -2.41. The number of hydrogen-bond donors (Lipinski definition) is 2. The zero-order valence-corrected chi connectivity index (χ0v) is 12.5. The number of aromatic nitrogens is 1. The molecule has 3 rings (SSSR count). The number of carboxylic acid groups (broad SMARTS) is 1. The van der Waals surface area contributed by atoms with Gasteiger partial charge in [-0.3, -0.25) is 4.90 Å². The third-order valence-corrected chi connectivity index (χ3v) is 4.68. The monoisotopic (exact) mass is 289 g/mol. The van der Waals surface area contributed by atoms with Gasteiger partial charge in [-0.2, -0.15) is 0 Å². The Kier molecular flexibility index (Phi) is 4.10. The van der Waals surface area contributed by atoms with E-state index in [-0.39, 0.29) is 0 Å². The van der Waals surface area contributed by atoms with Crippen molar-refractivity contribution in [1.82, 2.24) is 9.88 Å². The Balaban J connectivity index is 1.78. The van der Waals surface area contributed by atoms with Gasteiger partial charge < -0.3 is 10.4 Å². The Morgan fingerprint density at radius 2 is 2.24 bits per heavy atom. The zero-order valence-electron chi connectivity index (χ0n) is 12.5. The molecule has 0 spiro atoms. The fourth-order valence-electron chi connectivity index (χ4n) is 3.57. The molecule has 0 radical (unpaired) electrons. The number of piperidine rings is 1. The number of carboxylic acids is 1. The van der Waals surface area contributed by atoms with Crippen molar-refractivity contribution in [3.8, 4) is 0 Å². The molecule has 1 aromatic rings. The average molecular weight is 289 g/mol. The molecule has 2 aliphatic rings. The Bertz CT molecular complexity index is 532. The molecule has 5 nitrogen and oxygen atoms in total. The zero-order chi connectivity index (χ0) is 14.8. The molecule has 5 heteroatoms. The number of pyridine rings is 1. The number of aryl methyl sites for hydroxylation is 1. The number of carbonyl (C=O) groups is 1. The molecule has 1 aromatic heterocycles. The van der Waals surface area contributed by atoms with Crippen molar-refractivity contribution >= 4 is 11.8 Å². The van der Waals surface area contributed by atoms with Crippen LogP contribution in [-0.4, -0.2) is 46.1 Å². The molecular weight excluding hydrogens is 266 g/mol. The van der Waals surface area contributed by atoms with E-state index in [4.69, 9.17) is 0 Å². The van der Waals surface area contributed by atoms with Gasteiger partial charge in [0, 0.05) is 24.3 Å². The van der Waals surface area contributed by atoms with Gasteiger partial charge in [0.1, 0.15) is 5.82 Å². The van der Waals surface area contributed by atoms with E-state index in [1.165, 1.54) is 25.8 Å². The van der Waals surface area contributed by atoms with Crippen LogP contribution in [0, 0.1) is 0 Å². The van der Waals surface area contributed by atoms with E-state index in [9.17, 15) is 9.90 Å². The van der Waals surface area contributed by atoms with Gasteiger partial charge in [-0.25, -0.2) is 9.78 Å². The molecule has 0 saturated carbocycles. The third kappa shape index (κ3) is 3.02. The van der Waals surface area contributed by atoms with Crippen LogP contribution < -0.4 is 5.32 Å². The highest BCUT2D eigenvalue weighted by Gasteiger charge is 2.35. The Hall–Kier alpha value is -1.62. The van der Waals surface area contributed by atoms with Gasteiger partial charge in [0.2, 0.25) is 0 Å². The van der Waals surface area contributed by atoms with E-state index >= 15 is 0 Å². The molecule has 2 N–H and O–H groups in total. The smallest absolute Gasteiger partial charge is 0.335 e. The number of nitrogens with one attached hydrogen (secondary N) is 1. The Morgan fingerprint density at radius 3 is 3.00 bits per heavy atom. The molecule has 114 valence electrons. The topological polar surface area (TPSA) is 65.5 Å². The third-order valence-electron chi connectivity index (χ3n) is 4.68. The van der Waals surface area contributed by atoms with Gasteiger partial charge in [0.25, 0.3) is 0 Å². The summed E-state index contributed by atoms with van der Waals surface area (Å²) in [6.07, 6.45) is 5.69. The summed E-state index contributed by atoms with van der Waals surface area (Å²) in [6.45, 7) is 4.34. The molecule has 0 amide bonds. The van der Waals surface area contributed by atoms with Crippen molar-refractivity contribution in [3.05, 3.63) is 23.4 Å². The van der Waals surface area contributed by atoms with Crippen LogP contribution in [0.1, 0.15) is 48.7 Å². The van der Waals surface area contributed by atoms with Crippen LogP contribution in [0.25, 0.3) is 0 Å². The maximum Gasteiger partial charge on any atom is 0.335 e. The summed E-state index contributed by atoms with van der Waals surface area (Å²) in [5.74, 6) is -0.176. The molecule has 2 unspecified atom stereocenters. The molecule has 0 bridgehead atoms. The number of anilines is 1. The molecule has 2 fully saturated rings. The van der Waals surface area contributed by atoms with Crippen LogP contribution in [0.3, 0.4) is 0 Å². The van der Waals surface area contributed by atoms with Gasteiger partial charge in [0.05, 0.1) is 5.56 Å². The number of aromatic carboxylic acids is 1. The lowest BCUT2D eigenvalue weighted by atomic mass is 9.99. The van der Waals surface area contributed by atoms with Crippen LogP contribution in [0.15, 0.2) is 12.1 Å². The first kappa shape index (κ1) is 14.3. The van der Waals surface area contributed by atoms with Crippen LogP contribution in [0.4, 0.5) is 5.82 Å². The standard InChI is InChI=1S/C16H23N3O2/c1-2-12-9-11(16(20)21)10-15(17-12)18-13-6-8-19-7-4-3-5-14(13)19/h9-10,13-14H,2-8H2,1H3,(H,17,18)(H,20,21). The predicted octanol–water partition coefficient (Wildman–Crippen LogP) is 2.38. The molecule has 2 atom stereocenters. The highest BCUT2D eigenvalue weighted by molar-refractivity contribution is 5.88. The van der Waals surface area contributed by atoms with Crippen molar-refractivity contribution in [2.75, 3.05) is 18.4 Å². The summed E-state index contributed by atoms with van der Waals surface area (Å²) in [4.78, 5) is 18.3. The fourth-order valence-corrected chi connectivity index (χ4v) is 3.57. The molecule has 3 heterocycles. The predicted molar refractivity (Wildman–Crippen MR) is 81.8 cm³/mol. The second-order valence-corrected chi connectivity index (χ2v) is 6.03. The first-order valence-corrected chi connectivity index (χ1v) is 7.92. The minimum absolute atomic E-state index is 0.322. The van der Waals surface area contributed by atoms with Crippen molar-refractivity contribution in [1.29, 1.82) is 0 Å². The second kappa shape index (κ2) is 6.02. The molecule has 0 aliphatic carbocycles. The quantitative estimate of drug-likeness (QED) is 0.891. The van der Waals surface area contributed by atoms with Gasteiger partial charge in [0.15, 0.2) is 0 Å². The lowest BCUT2D eigenvalue weighted by Gasteiger charge is -2.32. The maximum absolute atomic E-state index is 11.2. The highest BCUT2D eigenvalue weighted by Crippen LogP contribution is 2.29. The van der Waals surface area contributed by atoms with Crippen molar-refractivity contribution in [2.24, 2.45) is 0 Å².